The number of aromatic nitrogens is 2. The maximum absolute atomic E-state index is 12.5. The van der Waals surface area contributed by atoms with E-state index in [0.29, 0.717) is 23.1 Å². The summed E-state index contributed by atoms with van der Waals surface area (Å²) in [7, 11) is 0. The summed E-state index contributed by atoms with van der Waals surface area (Å²) in [6, 6.07) is 10.5. The van der Waals surface area contributed by atoms with Crippen molar-refractivity contribution in [2.45, 2.75) is 52.4 Å². The molecule has 2 atom stereocenters. The van der Waals surface area contributed by atoms with Crippen LogP contribution in [0.15, 0.2) is 42.5 Å². The van der Waals surface area contributed by atoms with Gasteiger partial charge in [-0.15, -0.1) is 13.2 Å². The van der Waals surface area contributed by atoms with Crippen LogP contribution in [0.2, 0.25) is 0 Å². The van der Waals surface area contributed by atoms with Crippen molar-refractivity contribution in [2.24, 2.45) is 11.3 Å². The van der Waals surface area contributed by atoms with Crippen LogP contribution in [0.5, 0.6) is 5.75 Å². The molecule has 8 nitrogen and oxygen atoms in total. The Hall–Kier alpha value is -3.76. The quantitative estimate of drug-likeness (QED) is 0.361. The van der Waals surface area contributed by atoms with Crippen molar-refractivity contribution in [1.29, 1.82) is 0 Å². The normalized spacial score (nSPS) is 19.4. The van der Waals surface area contributed by atoms with Gasteiger partial charge in [-0.2, -0.15) is 0 Å². The minimum atomic E-state index is -4.78. The summed E-state index contributed by atoms with van der Waals surface area (Å²) in [4.78, 5) is 28.0. The van der Waals surface area contributed by atoms with E-state index >= 15 is 0 Å². The van der Waals surface area contributed by atoms with E-state index in [0.717, 1.165) is 24.8 Å². The number of hydrogen-bond donors (Lipinski definition) is 3. The number of fused-ring (bicyclic) bond motifs is 1. The first-order valence-electron chi connectivity index (χ1n) is 11.9. The van der Waals surface area contributed by atoms with Gasteiger partial charge in [-0.3, -0.25) is 9.59 Å². The zero-order chi connectivity index (χ0) is 27.0. The summed E-state index contributed by atoms with van der Waals surface area (Å²) < 4.78 is 43.6. The van der Waals surface area contributed by atoms with Crippen molar-refractivity contribution in [3.05, 3.63) is 48.0 Å². The van der Waals surface area contributed by atoms with Crippen LogP contribution < -0.4 is 15.4 Å². The Bertz CT molecular complexity index is 1300. The van der Waals surface area contributed by atoms with Gasteiger partial charge in [-0.1, -0.05) is 20.8 Å². The number of alkyl halides is 3. The molecule has 0 aliphatic heterocycles. The highest BCUT2D eigenvalue weighted by molar-refractivity contribution is 5.99. The average Bonchev–Trinajstić information content (AvgIpc) is 3.13. The summed E-state index contributed by atoms with van der Waals surface area (Å²) >= 11 is 0. The maximum Gasteiger partial charge on any atom is 0.573 e. The number of ether oxygens (including phenoxy) is 1. The third-order valence-electron chi connectivity index (χ3n) is 6.42. The predicted octanol–water partition coefficient (Wildman–Crippen LogP) is 5.88. The molecule has 1 fully saturated rings. The number of carbonyl (C=O) groups excluding carboxylic acids is 1. The number of carboxylic acid groups (broad SMARTS) is 1. The second-order valence-corrected chi connectivity index (χ2v) is 10.3. The van der Waals surface area contributed by atoms with Crippen molar-refractivity contribution in [2.75, 3.05) is 11.9 Å². The number of rotatable bonds is 7. The van der Waals surface area contributed by atoms with E-state index in [1.165, 1.54) is 24.3 Å². The fourth-order valence-electron chi connectivity index (χ4n) is 5.32. The topological polar surface area (TPSA) is 105 Å². The Kier molecular flexibility index (Phi) is 7.07. The van der Waals surface area contributed by atoms with Gasteiger partial charge in [0.05, 0.1) is 11.0 Å². The molecule has 1 amide bonds. The van der Waals surface area contributed by atoms with E-state index in [1.807, 2.05) is 0 Å². The third-order valence-corrected chi connectivity index (χ3v) is 6.42. The van der Waals surface area contributed by atoms with Crippen LogP contribution in [0.1, 0.15) is 56.4 Å². The molecule has 1 saturated carbocycles. The van der Waals surface area contributed by atoms with Crippen molar-refractivity contribution in [3.63, 3.8) is 0 Å². The molecule has 0 radical (unpaired) electrons. The molecule has 1 aromatic heterocycles. The first-order chi connectivity index (χ1) is 17.3. The van der Waals surface area contributed by atoms with Crippen LogP contribution in [0.3, 0.4) is 0 Å². The number of aliphatic carboxylic acids is 1. The van der Waals surface area contributed by atoms with E-state index in [9.17, 15) is 22.8 Å². The molecule has 198 valence electrons. The molecule has 3 N–H and O–H groups in total. The summed E-state index contributed by atoms with van der Waals surface area (Å²) in [5, 5.41) is 14.4. The van der Waals surface area contributed by atoms with E-state index in [4.69, 9.17) is 10.1 Å². The van der Waals surface area contributed by atoms with Crippen molar-refractivity contribution >= 4 is 34.5 Å². The van der Waals surface area contributed by atoms with Gasteiger partial charge in [0.2, 0.25) is 5.95 Å². The molecule has 11 heteroatoms. The van der Waals surface area contributed by atoms with Crippen LogP contribution in [0, 0.1) is 11.3 Å². The van der Waals surface area contributed by atoms with Crippen molar-refractivity contribution < 1.29 is 32.6 Å². The van der Waals surface area contributed by atoms with Gasteiger partial charge >= 0.3 is 12.3 Å². The van der Waals surface area contributed by atoms with Gasteiger partial charge in [-0.25, -0.2) is 4.98 Å². The molecular formula is C26H29F3N4O4. The Morgan fingerprint density at radius 1 is 1.16 bits per heavy atom. The van der Waals surface area contributed by atoms with Gasteiger partial charge < -0.3 is 25.0 Å². The van der Waals surface area contributed by atoms with Crippen molar-refractivity contribution in [3.8, 4) is 5.75 Å². The second-order valence-electron chi connectivity index (χ2n) is 10.3. The van der Waals surface area contributed by atoms with Gasteiger partial charge in [0.15, 0.2) is 0 Å². The lowest BCUT2D eigenvalue weighted by Gasteiger charge is -2.40. The number of halogens is 3. The molecule has 0 saturated heterocycles. The Morgan fingerprint density at radius 3 is 2.49 bits per heavy atom. The lowest BCUT2D eigenvalue weighted by atomic mass is 9.70. The number of anilines is 2. The zero-order valence-electron chi connectivity index (χ0n) is 20.7. The maximum atomic E-state index is 12.5. The van der Waals surface area contributed by atoms with E-state index in [-0.39, 0.29) is 22.8 Å². The van der Waals surface area contributed by atoms with Crippen molar-refractivity contribution in [1.82, 2.24) is 14.9 Å². The van der Waals surface area contributed by atoms with Crippen LogP contribution in [-0.2, 0) is 4.79 Å². The first kappa shape index (κ1) is 26.3. The number of hydrogen-bond acceptors (Lipinski definition) is 5. The number of nitrogens with zero attached hydrogens (tertiary/aromatic N) is 2. The summed E-state index contributed by atoms with van der Waals surface area (Å²) in [5.41, 5.74) is 2.23. The highest BCUT2D eigenvalue weighted by Crippen LogP contribution is 2.46. The van der Waals surface area contributed by atoms with E-state index in [2.05, 4.69) is 40.7 Å². The fourth-order valence-corrected chi connectivity index (χ4v) is 5.32. The number of amides is 1. The standard InChI is InChI=1S/C26H29F3N4O4/c1-15-10-18(13-25(2,3)12-15)33-21-9-4-16(23(36)30-14-22(34)35)11-20(21)32-24(33)31-17-5-7-19(8-6-17)37-26(27,28)29/h4-9,11,15,18H,10,12-14H2,1-3H3,(H,30,36)(H,31,32)(H,34,35)/t15-,18-/m0/s1. The molecular weight excluding hydrogens is 489 g/mol. The Labute approximate surface area is 211 Å². The van der Waals surface area contributed by atoms with Crippen LogP contribution >= 0.6 is 0 Å². The molecule has 0 spiro atoms. The zero-order valence-corrected chi connectivity index (χ0v) is 20.7. The van der Waals surface area contributed by atoms with Crippen LogP contribution in [0.4, 0.5) is 24.8 Å². The molecule has 0 unspecified atom stereocenters. The molecule has 1 aliphatic rings. The SMILES string of the molecule is C[C@H]1C[C@H](n2c(Nc3ccc(OC(F)(F)F)cc3)nc3cc(C(=O)NCC(=O)O)ccc32)CC(C)(C)C1. The van der Waals surface area contributed by atoms with Crippen LogP contribution in [0.25, 0.3) is 11.0 Å². The smallest absolute Gasteiger partial charge is 0.480 e. The lowest BCUT2D eigenvalue weighted by Crippen LogP contribution is -2.30. The summed E-state index contributed by atoms with van der Waals surface area (Å²) in [5.74, 6) is -1.03. The van der Waals surface area contributed by atoms with Gasteiger partial charge in [0.1, 0.15) is 12.3 Å². The summed E-state index contributed by atoms with van der Waals surface area (Å²) in [6.07, 6.45) is -1.87. The number of carbonyl (C=O) groups is 2. The van der Waals surface area contributed by atoms with E-state index in [1.54, 1.807) is 18.2 Å². The molecule has 1 heterocycles. The number of imidazole rings is 1. The molecule has 1 aliphatic carbocycles. The van der Waals surface area contributed by atoms with E-state index < -0.39 is 24.8 Å². The highest BCUT2D eigenvalue weighted by atomic mass is 19.4. The minimum Gasteiger partial charge on any atom is -0.480 e. The largest absolute Gasteiger partial charge is 0.573 e. The van der Waals surface area contributed by atoms with Gasteiger partial charge in [-0.05, 0) is 73.1 Å². The average molecular weight is 519 g/mol. The summed E-state index contributed by atoms with van der Waals surface area (Å²) in [6.45, 7) is 6.17. The monoisotopic (exact) mass is 518 g/mol. The number of carboxylic acids is 1. The molecule has 2 aromatic carbocycles. The Balaban J connectivity index is 1.71. The van der Waals surface area contributed by atoms with Crippen LogP contribution in [-0.4, -0.2) is 39.4 Å². The fraction of sp³-hybridized carbons (Fsp3) is 0.423. The second kappa shape index (κ2) is 9.95. The van der Waals surface area contributed by atoms with Gasteiger partial charge in [0.25, 0.3) is 5.91 Å². The minimum absolute atomic E-state index is 0.101. The first-order valence-corrected chi connectivity index (χ1v) is 11.9. The number of nitrogens with one attached hydrogen (secondary N) is 2. The third kappa shape index (κ3) is 6.52. The molecule has 37 heavy (non-hydrogen) atoms. The molecule has 0 bridgehead atoms. The Morgan fingerprint density at radius 2 is 1.86 bits per heavy atom. The highest BCUT2D eigenvalue weighted by Gasteiger charge is 2.35. The lowest BCUT2D eigenvalue weighted by molar-refractivity contribution is -0.274. The molecule has 3 aromatic rings. The predicted molar refractivity (Wildman–Crippen MR) is 132 cm³/mol. The number of benzene rings is 2. The molecule has 4 rings (SSSR count). The van der Waals surface area contributed by atoms with Gasteiger partial charge in [0, 0.05) is 17.3 Å².